The van der Waals surface area contributed by atoms with Gasteiger partial charge in [-0.05, 0) is 37.5 Å². The molecule has 2 rings (SSSR count). The molecule has 1 aliphatic rings. The van der Waals surface area contributed by atoms with Crippen LogP contribution in [0.5, 0.6) is 0 Å². The van der Waals surface area contributed by atoms with E-state index in [0.29, 0.717) is 12.8 Å². The predicted molar refractivity (Wildman–Crippen MR) is 67.4 cm³/mol. The smallest absolute Gasteiger partial charge is 0.311 e. The molecule has 1 aromatic rings. The highest BCUT2D eigenvalue weighted by Crippen LogP contribution is 2.40. The molecule has 1 aromatic carbocycles. The van der Waals surface area contributed by atoms with Crippen LogP contribution in [0.4, 0.5) is 4.39 Å². The van der Waals surface area contributed by atoms with Crippen LogP contribution in [0.1, 0.15) is 35.2 Å². The first-order valence-electron chi connectivity index (χ1n) is 6.22. The molecule has 1 amide bonds. The Morgan fingerprint density at radius 3 is 2.58 bits per heavy atom. The van der Waals surface area contributed by atoms with Gasteiger partial charge in [0.25, 0.3) is 5.91 Å². The van der Waals surface area contributed by atoms with Gasteiger partial charge in [-0.15, -0.1) is 0 Å². The Kier molecular flexibility index (Phi) is 3.55. The summed E-state index contributed by atoms with van der Waals surface area (Å²) in [5, 5.41) is 11.7. The van der Waals surface area contributed by atoms with Crippen molar-refractivity contribution in [2.45, 2.75) is 26.2 Å². The number of carbonyl (C=O) groups excluding carboxylic acids is 1. The van der Waals surface area contributed by atoms with Crippen molar-refractivity contribution < 1.29 is 19.1 Å². The predicted octanol–water partition coefficient (Wildman–Crippen LogP) is 2.12. The number of carboxylic acids is 1. The number of carbonyl (C=O) groups is 2. The Balaban J connectivity index is 2.03. The van der Waals surface area contributed by atoms with Gasteiger partial charge in [0.05, 0.1) is 11.0 Å². The maximum Gasteiger partial charge on any atom is 0.311 e. The first-order valence-corrected chi connectivity index (χ1v) is 6.22. The van der Waals surface area contributed by atoms with Crippen LogP contribution in [0.3, 0.4) is 0 Å². The third-order valence-electron chi connectivity index (χ3n) is 3.72. The summed E-state index contributed by atoms with van der Waals surface area (Å²) in [4.78, 5) is 23.0. The number of rotatable bonds is 4. The minimum atomic E-state index is -0.900. The van der Waals surface area contributed by atoms with Gasteiger partial charge in [0.15, 0.2) is 0 Å². The van der Waals surface area contributed by atoms with Crippen LogP contribution in [0.2, 0.25) is 0 Å². The summed E-state index contributed by atoms with van der Waals surface area (Å²) in [6.07, 6.45) is 1.96. The van der Waals surface area contributed by atoms with E-state index in [9.17, 15) is 14.0 Å². The first-order chi connectivity index (χ1) is 8.94. The number of aryl methyl sites for hydroxylation is 1. The van der Waals surface area contributed by atoms with Gasteiger partial charge in [-0.2, -0.15) is 0 Å². The number of halogens is 1. The zero-order valence-electron chi connectivity index (χ0n) is 10.7. The van der Waals surface area contributed by atoms with E-state index in [0.717, 1.165) is 12.0 Å². The van der Waals surface area contributed by atoms with Gasteiger partial charge >= 0.3 is 5.97 Å². The normalized spacial score (nSPS) is 16.5. The summed E-state index contributed by atoms with van der Waals surface area (Å²) in [7, 11) is 0. The highest BCUT2D eigenvalue weighted by molar-refractivity contribution is 5.94. The SMILES string of the molecule is Cc1ccc(C(=O)NCC2(C(=O)O)CCC2)c(F)c1. The summed E-state index contributed by atoms with van der Waals surface area (Å²) < 4.78 is 13.6. The van der Waals surface area contributed by atoms with Gasteiger partial charge in [0.1, 0.15) is 5.82 Å². The minimum absolute atomic E-state index is 0.0501. The molecular formula is C14H16FNO3. The molecule has 0 aromatic heterocycles. The average molecular weight is 265 g/mol. The number of hydrogen-bond acceptors (Lipinski definition) is 2. The lowest BCUT2D eigenvalue weighted by atomic mass is 9.69. The van der Waals surface area contributed by atoms with Gasteiger partial charge < -0.3 is 10.4 Å². The van der Waals surface area contributed by atoms with Gasteiger partial charge in [-0.25, -0.2) is 4.39 Å². The van der Waals surface area contributed by atoms with E-state index in [4.69, 9.17) is 5.11 Å². The molecule has 2 N–H and O–H groups in total. The van der Waals surface area contributed by atoms with Crippen molar-refractivity contribution in [2.24, 2.45) is 5.41 Å². The van der Waals surface area contributed by atoms with E-state index in [1.165, 1.54) is 12.1 Å². The molecule has 4 nitrogen and oxygen atoms in total. The van der Waals surface area contributed by atoms with E-state index >= 15 is 0 Å². The van der Waals surface area contributed by atoms with Crippen molar-refractivity contribution in [3.8, 4) is 0 Å². The fraction of sp³-hybridized carbons (Fsp3) is 0.429. The molecule has 1 aliphatic carbocycles. The molecule has 0 atom stereocenters. The van der Waals surface area contributed by atoms with Crippen LogP contribution in [0, 0.1) is 18.2 Å². The Morgan fingerprint density at radius 1 is 1.42 bits per heavy atom. The van der Waals surface area contributed by atoms with Crippen molar-refractivity contribution in [2.75, 3.05) is 6.54 Å². The third kappa shape index (κ3) is 2.59. The maximum atomic E-state index is 13.6. The summed E-state index contributed by atoms with van der Waals surface area (Å²) in [6.45, 7) is 1.78. The summed E-state index contributed by atoms with van der Waals surface area (Å²) in [6, 6.07) is 4.34. The van der Waals surface area contributed by atoms with E-state index in [1.807, 2.05) is 0 Å². The lowest BCUT2D eigenvalue weighted by Gasteiger charge is -2.37. The summed E-state index contributed by atoms with van der Waals surface area (Å²) >= 11 is 0. The molecule has 0 unspecified atom stereocenters. The molecule has 0 radical (unpaired) electrons. The molecule has 0 heterocycles. The lowest BCUT2D eigenvalue weighted by Crippen LogP contribution is -2.47. The molecule has 1 fully saturated rings. The van der Waals surface area contributed by atoms with E-state index in [-0.39, 0.29) is 12.1 Å². The topological polar surface area (TPSA) is 66.4 Å². The van der Waals surface area contributed by atoms with Crippen molar-refractivity contribution in [3.05, 3.63) is 35.1 Å². The fourth-order valence-electron chi connectivity index (χ4n) is 2.22. The second-order valence-corrected chi connectivity index (χ2v) is 5.11. The van der Waals surface area contributed by atoms with Crippen LogP contribution in [0.15, 0.2) is 18.2 Å². The largest absolute Gasteiger partial charge is 0.481 e. The summed E-state index contributed by atoms with van der Waals surface area (Å²) in [5.74, 6) is -2.05. The molecule has 1 saturated carbocycles. The number of benzene rings is 1. The number of carboxylic acid groups (broad SMARTS) is 1. The molecular weight excluding hydrogens is 249 g/mol. The van der Waals surface area contributed by atoms with Gasteiger partial charge in [-0.3, -0.25) is 9.59 Å². The quantitative estimate of drug-likeness (QED) is 0.876. The number of nitrogens with one attached hydrogen (secondary N) is 1. The van der Waals surface area contributed by atoms with E-state index in [1.54, 1.807) is 13.0 Å². The van der Waals surface area contributed by atoms with Crippen LogP contribution in [-0.2, 0) is 4.79 Å². The Hall–Kier alpha value is -1.91. The number of amides is 1. The molecule has 0 saturated heterocycles. The van der Waals surface area contributed by atoms with E-state index in [2.05, 4.69) is 5.32 Å². The van der Waals surface area contributed by atoms with Crippen molar-refractivity contribution >= 4 is 11.9 Å². The highest BCUT2D eigenvalue weighted by Gasteiger charge is 2.44. The molecule has 102 valence electrons. The van der Waals surface area contributed by atoms with Crippen molar-refractivity contribution in [1.82, 2.24) is 5.32 Å². The standard InChI is InChI=1S/C14H16FNO3/c1-9-3-4-10(11(15)7-9)12(17)16-8-14(13(18)19)5-2-6-14/h3-4,7H,2,5-6,8H2,1H3,(H,16,17)(H,18,19). The fourth-order valence-corrected chi connectivity index (χ4v) is 2.22. The molecule has 0 aliphatic heterocycles. The molecule has 0 bridgehead atoms. The van der Waals surface area contributed by atoms with Gasteiger partial charge in [0, 0.05) is 6.54 Å². The molecule has 0 spiro atoms. The Bertz CT molecular complexity index is 523. The van der Waals surface area contributed by atoms with Crippen LogP contribution >= 0.6 is 0 Å². The average Bonchev–Trinajstić information content (AvgIpc) is 2.26. The Labute approximate surface area is 110 Å². The van der Waals surface area contributed by atoms with Crippen LogP contribution in [0.25, 0.3) is 0 Å². The zero-order valence-corrected chi connectivity index (χ0v) is 10.7. The third-order valence-corrected chi connectivity index (χ3v) is 3.72. The number of aliphatic carboxylic acids is 1. The highest BCUT2D eigenvalue weighted by atomic mass is 19.1. The summed E-state index contributed by atoms with van der Waals surface area (Å²) in [5.41, 5.74) is -0.183. The van der Waals surface area contributed by atoms with Crippen LogP contribution in [-0.4, -0.2) is 23.5 Å². The molecule has 19 heavy (non-hydrogen) atoms. The molecule has 5 heteroatoms. The van der Waals surface area contributed by atoms with Crippen molar-refractivity contribution in [1.29, 1.82) is 0 Å². The van der Waals surface area contributed by atoms with E-state index < -0.39 is 23.1 Å². The lowest BCUT2D eigenvalue weighted by molar-refractivity contribution is -0.153. The number of hydrogen-bond donors (Lipinski definition) is 2. The van der Waals surface area contributed by atoms with Crippen molar-refractivity contribution in [3.63, 3.8) is 0 Å². The van der Waals surface area contributed by atoms with Crippen LogP contribution < -0.4 is 5.32 Å². The second-order valence-electron chi connectivity index (χ2n) is 5.11. The minimum Gasteiger partial charge on any atom is -0.481 e. The monoisotopic (exact) mass is 265 g/mol. The first kappa shape index (κ1) is 13.5. The zero-order chi connectivity index (χ0) is 14.0. The van der Waals surface area contributed by atoms with Gasteiger partial charge in [-0.1, -0.05) is 12.5 Å². The Morgan fingerprint density at radius 2 is 2.11 bits per heavy atom. The second kappa shape index (κ2) is 4.99. The maximum absolute atomic E-state index is 13.6. The van der Waals surface area contributed by atoms with Gasteiger partial charge in [0.2, 0.25) is 0 Å².